The molecule has 0 unspecified atom stereocenters. The summed E-state index contributed by atoms with van der Waals surface area (Å²) in [5, 5.41) is 1.09. The van der Waals surface area contributed by atoms with Crippen molar-refractivity contribution in [2.75, 3.05) is 39.7 Å². The lowest BCUT2D eigenvalue weighted by atomic mass is 10.3. The van der Waals surface area contributed by atoms with Crippen LogP contribution >= 0.6 is 40.7 Å². The summed E-state index contributed by atoms with van der Waals surface area (Å²) in [6, 6.07) is 8.36. The van der Waals surface area contributed by atoms with Gasteiger partial charge < -0.3 is 4.48 Å². The fourth-order valence-corrected chi connectivity index (χ4v) is 3.65. The van der Waals surface area contributed by atoms with E-state index >= 15 is 0 Å². The molecule has 2 aromatic rings. The molecule has 112 valence electrons. The first-order valence-electron chi connectivity index (χ1n) is 6.46. The fourth-order valence-electron chi connectivity index (χ4n) is 1.93. The first kappa shape index (κ1) is 17.9. The van der Waals surface area contributed by atoms with Crippen molar-refractivity contribution in [2.45, 2.75) is 11.6 Å². The van der Waals surface area contributed by atoms with Crippen LogP contribution in [0.3, 0.4) is 0 Å². The van der Waals surface area contributed by atoms with E-state index in [4.69, 9.17) is 0 Å². The predicted octanol–water partition coefficient (Wildman–Crippen LogP) is 3.93. The van der Waals surface area contributed by atoms with Crippen LogP contribution in [-0.4, -0.2) is 53.1 Å². The summed E-state index contributed by atoms with van der Waals surface area (Å²) in [7, 11) is 6.72. The Hall–Kier alpha value is -0.170. The molecule has 0 aliphatic carbocycles. The fraction of sp³-hybridized carbons (Fsp3) is 0.500. The van der Waals surface area contributed by atoms with Crippen LogP contribution in [-0.2, 0) is 0 Å². The number of thioether (sulfide) groups is 1. The van der Waals surface area contributed by atoms with Gasteiger partial charge in [0.15, 0.2) is 5.16 Å². The smallest absolute Gasteiger partial charge is 0.179 e. The van der Waals surface area contributed by atoms with Crippen molar-refractivity contribution in [1.82, 2.24) is 8.96 Å². The molecule has 0 N–H and O–H groups in total. The lowest BCUT2D eigenvalue weighted by Crippen LogP contribution is -2.35. The number of aromatic nitrogens is 2. The Bertz CT molecular complexity index is 549. The lowest BCUT2D eigenvalue weighted by Gasteiger charge is -2.23. The van der Waals surface area contributed by atoms with Crippen LogP contribution in [0.1, 0.15) is 6.42 Å². The third kappa shape index (κ3) is 4.69. The van der Waals surface area contributed by atoms with Crippen LogP contribution in [0.5, 0.6) is 0 Å². The summed E-state index contributed by atoms with van der Waals surface area (Å²) in [5.41, 5.74) is 2.31. The standard InChI is InChI=1S/C14H22N3S2.BrH/c1-17(2,3)10-7-11-19-16-13-9-6-5-8-12(13)15-14(16)18-4;/h5-6,8-9H,7,10-11H2,1-4H3;1H/q+1;. The molecule has 3 nitrogen and oxygen atoms in total. The van der Waals surface area contributed by atoms with E-state index in [0.717, 1.165) is 20.9 Å². The van der Waals surface area contributed by atoms with Crippen molar-refractivity contribution < 1.29 is 4.48 Å². The van der Waals surface area contributed by atoms with E-state index in [1.807, 2.05) is 18.0 Å². The van der Waals surface area contributed by atoms with Crippen molar-refractivity contribution >= 4 is 51.7 Å². The Morgan fingerprint density at radius 2 is 1.90 bits per heavy atom. The average molecular weight is 377 g/mol. The van der Waals surface area contributed by atoms with Crippen LogP contribution < -0.4 is 0 Å². The topological polar surface area (TPSA) is 17.8 Å². The highest BCUT2D eigenvalue weighted by molar-refractivity contribution is 8.93. The van der Waals surface area contributed by atoms with Gasteiger partial charge in [0.05, 0.1) is 38.7 Å². The second kappa shape index (κ2) is 7.73. The normalized spacial score (nSPS) is 11.6. The molecule has 1 heterocycles. The highest BCUT2D eigenvalue weighted by atomic mass is 79.9. The molecule has 0 saturated heterocycles. The molecular weight excluding hydrogens is 354 g/mol. The van der Waals surface area contributed by atoms with Gasteiger partial charge in [-0.3, -0.25) is 3.97 Å². The number of nitrogens with zero attached hydrogens (tertiary/aromatic N) is 3. The maximum Gasteiger partial charge on any atom is 0.179 e. The van der Waals surface area contributed by atoms with Crippen LogP contribution in [0.25, 0.3) is 11.0 Å². The zero-order valence-corrected chi connectivity index (χ0v) is 15.8. The van der Waals surface area contributed by atoms with Crippen molar-refractivity contribution in [3.8, 4) is 0 Å². The summed E-state index contributed by atoms with van der Waals surface area (Å²) < 4.78 is 3.30. The van der Waals surface area contributed by atoms with Crippen molar-refractivity contribution in [3.63, 3.8) is 0 Å². The number of benzene rings is 1. The Labute approximate surface area is 140 Å². The van der Waals surface area contributed by atoms with Gasteiger partial charge in [-0.05, 0) is 30.3 Å². The Balaban J connectivity index is 0.00000200. The van der Waals surface area contributed by atoms with Gasteiger partial charge in [-0.25, -0.2) is 4.98 Å². The van der Waals surface area contributed by atoms with Gasteiger partial charge in [-0.15, -0.1) is 17.0 Å². The molecule has 0 aliphatic rings. The molecule has 0 spiro atoms. The third-order valence-corrected chi connectivity index (χ3v) is 4.72. The quantitative estimate of drug-likeness (QED) is 0.432. The highest BCUT2D eigenvalue weighted by Gasteiger charge is 2.11. The van der Waals surface area contributed by atoms with E-state index in [1.54, 1.807) is 11.8 Å². The second-order valence-electron chi connectivity index (χ2n) is 5.58. The summed E-state index contributed by atoms with van der Waals surface area (Å²) >= 11 is 3.58. The van der Waals surface area contributed by atoms with Gasteiger partial charge in [0.2, 0.25) is 0 Å². The van der Waals surface area contributed by atoms with Gasteiger partial charge in [0, 0.05) is 12.2 Å². The van der Waals surface area contributed by atoms with Crippen molar-refractivity contribution in [1.29, 1.82) is 0 Å². The van der Waals surface area contributed by atoms with Crippen molar-refractivity contribution in [2.24, 2.45) is 0 Å². The van der Waals surface area contributed by atoms with Gasteiger partial charge in [0.1, 0.15) is 0 Å². The Morgan fingerprint density at radius 1 is 1.20 bits per heavy atom. The minimum absolute atomic E-state index is 0. The van der Waals surface area contributed by atoms with Crippen LogP contribution in [0, 0.1) is 0 Å². The number of hydrogen-bond acceptors (Lipinski definition) is 3. The van der Waals surface area contributed by atoms with E-state index < -0.39 is 0 Å². The Kier molecular flexibility index (Phi) is 6.91. The molecule has 20 heavy (non-hydrogen) atoms. The molecule has 0 bridgehead atoms. The molecule has 2 rings (SSSR count). The van der Waals surface area contributed by atoms with Gasteiger partial charge in [-0.2, -0.15) is 0 Å². The van der Waals surface area contributed by atoms with E-state index in [-0.39, 0.29) is 17.0 Å². The molecule has 6 heteroatoms. The molecule has 0 fully saturated rings. The summed E-state index contributed by atoms with van der Waals surface area (Å²) in [4.78, 5) is 4.66. The monoisotopic (exact) mass is 376 g/mol. The number of quaternary nitrogens is 1. The molecule has 0 radical (unpaired) electrons. The maximum absolute atomic E-state index is 4.66. The minimum Gasteiger partial charge on any atom is -0.331 e. The first-order chi connectivity index (χ1) is 9.01. The molecule has 0 aliphatic heterocycles. The average Bonchev–Trinajstić information content (AvgIpc) is 2.71. The van der Waals surface area contributed by atoms with Crippen LogP contribution in [0.2, 0.25) is 0 Å². The third-order valence-electron chi connectivity index (χ3n) is 2.87. The van der Waals surface area contributed by atoms with Gasteiger partial charge >= 0.3 is 0 Å². The molecule has 0 amide bonds. The lowest BCUT2D eigenvalue weighted by molar-refractivity contribution is -0.870. The minimum atomic E-state index is 0. The number of para-hydroxylation sites is 2. The van der Waals surface area contributed by atoms with Crippen LogP contribution in [0.15, 0.2) is 29.4 Å². The predicted molar refractivity (Wildman–Crippen MR) is 97.2 cm³/mol. The molecule has 0 saturated carbocycles. The summed E-state index contributed by atoms with van der Waals surface area (Å²) in [6.07, 6.45) is 3.30. The number of fused-ring (bicyclic) bond motifs is 1. The van der Waals surface area contributed by atoms with E-state index in [9.17, 15) is 0 Å². The molecule has 1 aromatic heterocycles. The van der Waals surface area contributed by atoms with Crippen molar-refractivity contribution in [3.05, 3.63) is 24.3 Å². The molecule has 1 aromatic carbocycles. The summed E-state index contributed by atoms with van der Waals surface area (Å²) in [6.45, 7) is 1.20. The first-order valence-corrected chi connectivity index (χ1v) is 8.63. The number of imidazole rings is 1. The number of halogens is 1. The molecule has 0 atom stereocenters. The second-order valence-corrected chi connectivity index (χ2v) is 7.39. The highest BCUT2D eigenvalue weighted by Crippen LogP contribution is 2.27. The number of hydrogen-bond donors (Lipinski definition) is 0. The van der Waals surface area contributed by atoms with Gasteiger partial charge in [0.25, 0.3) is 0 Å². The zero-order chi connectivity index (χ0) is 13.9. The summed E-state index contributed by atoms with van der Waals surface area (Å²) in [5.74, 6) is 1.13. The maximum atomic E-state index is 4.66. The van der Waals surface area contributed by atoms with Crippen LogP contribution in [0.4, 0.5) is 0 Å². The van der Waals surface area contributed by atoms with E-state index in [0.29, 0.717) is 0 Å². The Morgan fingerprint density at radius 3 is 2.55 bits per heavy atom. The largest absolute Gasteiger partial charge is 0.331 e. The molecular formula is C14H23BrN3S2+. The van der Waals surface area contributed by atoms with Gasteiger partial charge in [-0.1, -0.05) is 23.9 Å². The SMILES string of the molecule is Br.CSc1nc2ccccc2n1SCCC[N+](C)(C)C. The number of rotatable bonds is 6. The van der Waals surface area contributed by atoms with E-state index in [2.05, 4.69) is 54.6 Å². The zero-order valence-electron chi connectivity index (χ0n) is 12.5. The van der Waals surface area contributed by atoms with E-state index in [1.165, 1.54) is 18.5 Å².